The van der Waals surface area contributed by atoms with Crippen LogP contribution < -0.4 is 5.73 Å². The summed E-state index contributed by atoms with van der Waals surface area (Å²) in [5, 5.41) is 12.4. The molecule has 0 radical (unpaired) electrons. The van der Waals surface area contributed by atoms with Crippen molar-refractivity contribution in [1.29, 1.82) is 0 Å². The predicted molar refractivity (Wildman–Crippen MR) is 89.4 cm³/mol. The van der Waals surface area contributed by atoms with Crippen LogP contribution in [-0.4, -0.2) is 11.7 Å². The van der Waals surface area contributed by atoms with E-state index in [1.165, 1.54) is 0 Å². The molecule has 5 heteroatoms. The zero-order valence-corrected chi connectivity index (χ0v) is 13.8. The number of aliphatic hydroxyl groups is 1. The minimum atomic E-state index is -0.785. The zero-order valence-electron chi connectivity index (χ0n) is 11.5. The molecule has 0 aliphatic rings. The van der Waals surface area contributed by atoms with Crippen LogP contribution in [0.25, 0.3) is 0 Å². The Labute approximate surface area is 139 Å². The van der Waals surface area contributed by atoms with Gasteiger partial charge in [0.15, 0.2) is 0 Å². The van der Waals surface area contributed by atoms with Gasteiger partial charge in [0.2, 0.25) is 0 Å². The van der Waals surface area contributed by atoms with Crippen molar-refractivity contribution in [3.63, 3.8) is 0 Å². The van der Waals surface area contributed by atoms with E-state index >= 15 is 0 Å². The summed E-state index contributed by atoms with van der Waals surface area (Å²) >= 11 is 18.3. The fourth-order valence-electron chi connectivity index (χ4n) is 2.39. The average molecular weight is 345 g/mol. The summed E-state index contributed by atoms with van der Waals surface area (Å²) in [4.78, 5) is 0. The average Bonchev–Trinajstić information content (AvgIpc) is 2.44. The molecule has 0 fully saturated rings. The Morgan fingerprint density at radius 2 is 1.76 bits per heavy atom. The van der Waals surface area contributed by atoms with Crippen molar-refractivity contribution in [2.24, 2.45) is 5.73 Å². The van der Waals surface area contributed by atoms with Gasteiger partial charge in [0.05, 0.1) is 6.10 Å². The van der Waals surface area contributed by atoms with E-state index < -0.39 is 6.10 Å². The molecule has 2 unspecified atom stereocenters. The molecule has 0 amide bonds. The molecule has 112 valence electrons. The van der Waals surface area contributed by atoms with Crippen molar-refractivity contribution in [2.75, 3.05) is 6.54 Å². The second kappa shape index (κ2) is 6.99. The van der Waals surface area contributed by atoms with Crippen molar-refractivity contribution in [3.8, 4) is 0 Å². The summed E-state index contributed by atoms with van der Waals surface area (Å²) in [6.07, 6.45) is -0.785. The van der Waals surface area contributed by atoms with Gasteiger partial charge < -0.3 is 10.8 Å². The monoisotopic (exact) mass is 343 g/mol. The molecule has 0 aliphatic heterocycles. The minimum Gasteiger partial charge on any atom is -0.388 e. The molecule has 3 N–H and O–H groups in total. The molecule has 0 saturated heterocycles. The van der Waals surface area contributed by atoms with Crippen molar-refractivity contribution in [1.82, 2.24) is 0 Å². The smallest absolute Gasteiger partial charge is 0.0874 e. The highest BCUT2D eigenvalue weighted by molar-refractivity contribution is 6.35. The molecule has 21 heavy (non-hydrogen) atoms. The van der Waals surface area contributed by atoms with E-state index in [2.05, 4.69) is 0 Å². The lowest BCUT2D eigenvalue weighted by molar-refractivity contribution is 0.147. The summed E-state index contributed by atoms with van der Waals surface area (Å²) < 4.78 is 0. The van der Waals surface area contributed by atoms with E-state index in [0.717, 1.165) is 16.7 Å². The van der Waals surface area contributed by atoms with Gasteiger partial charge in [0, 0.05) is 27.5 Å². The lowest BCUT2D eigenvalue weighted by Crippen LogP contribution is -2.21. The zero-order chi connectivity index (χ0) is 15.6. The number of nitrogens with two attached hydrogens (primary N) is 1. The minimum absolute atomic E-state index is 0.258. The molecule has 2 aromatic carbocycles. The Hall–Kier alpha value is -0.770. The molecule has 0 heterocycles. The van der Waals surface area contributed by atoms with Gasteiger partial charge in [0.25, 0.3) is 0 Å². The molecule has 2 aromatic rings. The lowest BCUT2D eigenvalue weighted by Gasteiger charge is -2.25. The number of hydrogen-bond donors (Lipinski definition) is 2. The first-order chi connectivity index (χ1) is 9.95. The number of halogens is 3. The Bertz CT molecular complexity index is 645. The molecule has 0 saturated carbocycles. The third-order valence-electron chi connectivity index (χ3n) is 3.63. The molecule has 0 aliphatic carbocycles. The molecule has 2 rings (SSSR count). The molecular weight excluding hydrogens is 329 g/mol. The summed E-state index contributed by atoms with van der Waals surface area (Å²) in [5.41, 5.74) is 8.22. The highest BCUT2D eigenvalue weighted by Gasteiger charge is 2.25. The summed E-state index contributed by atoms with van der Waals surface area (Å²) in [6.45, 7) is 2.13. The Balaban J connectivity index is 2.43. The predicted octanol–water partition coefficient (Wildman–Crippen LogP) is 4.73. The maximum atomic E-state index is 10.7. The fourth-order valence-corrected chi connectivity index (χ4v) is 3.12. The summed E-state index contributed by atoms with van der Waals surface area (Å²) in [5.74, 6) is -0.327. The van der Waals surface area contributed by atoms with Crippen molar-refractivity contribution >= 4 is 34.8 Å². The summed E-state index contributed by atoms with van der Waals surface area (Å²) in [7, 11) is 0. The topological polar surface area (TPSA) is 46.2 Å². The first kappa shape index (κ1) is 16.6. The molecule has 2 atom stereocenters. The molecule has 0 spiro atoms. The van der Waals surface area contributed by atoms with Gasteiger partial charge in [-0.2, -0.15) is 0 Å². The van der Waals surface area contributed by atoms with Crippen LogP contribution in [0.5, 0.6) is 0 Å². The van der Waals surface area contributed by atoms with Crippen LogP contribution in [0.4, 0.5) is 0 Å². The fraction of sp³-hybridized carbons (Fsp3) is 0.250. The Morgan fingerprint density at radius 3 is 2.38 bits per heavy atom. The normalized spacial score (nSPS) is 14.0. The maximum Gasteiger partial charge on any atom is 0.0874 e. The number of aliphatic hydroxyl groups excluding tert-OH is 1. The molecule has 0 bridgehead atoms. The van der Waals surface area contributed by atoms with Gasteiger partial charge in [-0.05, 0) is 41.8 Å². The lowest BCUT2D eigenvalue weighted by atomic mass is 9.87. The first-order valence-corrected chi connectivity index (χ1v) is 7.67. The van der Waals surface area contributed by atoms with Gasteiger partial charge in [0.1, 0.15) is 0 Å². The number of benzene rings is 2. The van der Waals surface area contributed by atoms with Gasteiger partial charge in [-0.1, -0.05) is 53.0 Å². The van der Waals surface area contributed by atoms with E-state index in [-0.39, 0.29) is 12.5 Å². The molecule has 2 nitrogen and oxygen atoms in total. The van der Waals surface area contributed by atoms with Crippen molar-refractivity contribution in [2.45, 2.75) is 18.9 Å². The number of rotatable bonds is 4. The van der Waals surface area contributed by atoms with Crippen LogP contribution in [0, 0.1) is 6.92 Å². The standard InChI is InChI=1S/C16H16Cl3NO/c1-9-11(3-2-4-14(9)18)16(21)13(8-20)12-6-5-10(17)7-15(12)19/h2-7,13,16,21H,8,20H2,1H3. The van der Waals surface area contributed by atoms with E-state index in [9.17, 15) is 5.11 Å². The first-order valence-electron chi connectivity index (χ1n) is 6.53. The quantitative estimate of drug-likeness (QED) is 0.842. The van der Waals surface area contributed by atoms with Crippen LogP contribution in [0.15, 0.2) is 36.4 Å². The largest absolute Gasteiger partial charge is 0.388 e. The SMILES string of the molecule is Cc1c(Cl)cccc1C(O)C(CN)c1ccc(Cl)cc1Cl. The second-order valence-electron chi connectivity index (χ2n) is 4.91. The van der Waals surface area contributed by atoms with Crippen molar-refractivity contribution in [3.05, 3.63) is 68.2 Å². The van der Waals surface area contributed by atoms with E-state index in [1.54, 1.807) is 24.3 Å². The second-order valence-corrected chi connectivity index (χ2v) is 6.16. The van der Waals surface area contributed by atoms with Gasteiger partial charge >= 0.3 is 0 Å². The third kappa shape index (κ3) is 3.53. The number of hydrogen-bond acceptors (Lipinski definition) is 2. The molecular formula is C16H16Cl3NO. The van der Waals surface area contributed by atoms with Crippen LogP contribution >= 0.6 is 34.8 Å². The van der Waals surface area contributed by atoms with Crippen LogP contribution in [-0.2, 0) is 0 Å². The van der Waals surface area contributed by atoms with Crippen LogP contribution in [0.1, 0.15) is 28.7 Å². The van der Waals surface area contributed by atoms with Crippen LogP contribution in [0.2, 0.25) is 15.1 Å². The van der Waals surface area contributed by atoms with Gasteiger partial charge in [-0.25, -0.2) is 0 Å². The highest BCUT2D eigenvalue weighted by Crippen LogP contribution is 2.37. The summed E-state index contributed by atoms with van der Waals surface area (Å²) in [6, 6.07) is 10.6. The Kier molecular flexibility index (Phi) is 5.53. The van der Waals surface area contributed by atoms with Crippen LogP contribution in [0.3, 0.4) is 0 Å². The maximum absolute atomic E-state index is 10.7. The van der Waals surface area contributed by atoms with E-state index in [4.69, 9.17) is 40.5 Å². The van der Waals surface area contributed by atoms with E-state index in [0.29, 0.717) is 15.1 Å². The van der Waals surface area contributed by atoms with Gasteiger partial charge in [-0.3, -0.25) is 0 Å². The molecule has 0 aromatic heterocycles. The van der Waals surface area contributed by atoms with Gasteiger partial charge in [-0.15, -0.1) is 0 Å². The van der Waals surface area contributed by atoms with Crippen molar-refractivity contribution < 1.29 is 5.11 Å². The van der Waals surface area contributed by atoms with E-state index in [1.807, 2.05) is 19.1 Å². The Morgan fingerprint density at radius 1 is 1.05 bits per heavy atom. The third-order valence-corrected chi connectivity index (χ3v) is 4.60. The highest BCUT2D eigenvalue weighted by atomic mass is 35.5.